The average Bonchev–Trinajstić information content (AvgIpc) is 3.20. The first kappa shape index (κ1) is 22.8. The molecule has 1 saturated heterocycles. The van der Waals surface area contributed by atoms with Gasteiger partial charge in [-0.2, -0.15) is 0 Å². The number of carbonyl (C=O) groups is 3. The second-order valence-electron chi connectivity index (χ2n) is 8.07. The number of rotatable bonds is 1. The molecule has 1 spiro atoms. The molecular formula is C21H24N2O4Y-2. The van der Waals surface area contributed by atoms with Gasteiger partial charge in [-0.05, 0) is 38.7 Å². The number of allylic oxidation sites excluding steroid dienone is 2. The number of likely N-dealkylation sites (tertiary alicyclic amines) is 1. The number of nitrogens with zero attached hydrogens (tertiary/aromatic N) is 1. The summed E-state index contributed by atoms with van der Waals surface area (Å²) >= 11 is 0. The molecule has 2 aliphatic carbocycles. The van der Waals surface area contributed by atoms with Gasteiger partial charge in [0.15, 0.2) is 11.7 Å². The number of hydrogen-bond donors (Lipinski definition) is 0. The van der Waals surface area contributed by atoms with Crippen molar-refractivity contribution in [3.05, 3.63) is 59.8 Å². The van der Waals surface area contributed by atoms with Crippen LogP contribution in [0.2, 0.25) is 0 Å². The van der Waals surface area contributed by atoms with Crippen LogP contribution in [0.5, 0.6) is 0 Å². The Bertz CT molecular complexity index is 843. The molecule has 4 rings (SSSR count). The van der Waals surface area contributed by atoms with Gasteiger partial charge in [0.25, 0.3) is 0 Å². The van der Waals surface area contributed by atoms with E-state index in [4.69, 9.17) is 5.73 Å². The van der Waals surface area contributed by atoms with Crippen LogP contribution >= 0.6 is 0 Å². The van der Waals surface area contributed by atoms with E-state index < -0.39 is 11.7 Å². The van der Waals surface area contributed by atoms with E-state index in [1.807, 2.05) is 24.3 Å². The summed E-state index contributed by atoms with van der Waals surface area (Å²) in [5.41, 5.74) is 8.63. The van der Waals surface area contributed by atoms with Crippen LogP contribution < -0.4 is 0 Å². The van der Waals surface area contributed by atoms with Gasteiger partial charge in [0.1, 0.15) is 5.60 Å². The van der Waals surface area contributed by atoms with Crippen LogP contribution in [-0.4, -0.2) is 34.8 Å². The van der Waals surface area contributed by atoms with E-state index >= 15 is 0 Å². The molecule has 0 aromatic heterocycles. The topological polar surface area (TPSA) is 87.5 Å². The van der Waals surface area contributed by atoms with E-state index in [0.29, 0.717) is 5.92 Å². The predicted molar refractivity (Wildman–Crippen MR) is 101 cm³/mol. The van der Waals surface area contributed by atoms with Crippen molar-refractivity contribution in [2.24, 2.45) is 5.92 Å². The zero-order valence-corrected chi connectivity index (χ0v) is 19.3. The van der Waals surface area contributed by atoms with Crippen LogP contribution in [0.1, 0.15) is 49.5 Å². The molecule has 1 aromatic carbocycles. The zero-order valence-electron chi connectivity index (χ0n) is 16.5. The number of fused-ring (bicyclic) bond motifs is 1. The minimum Gasteiger partial charge on any atom is -0.632 e. The minimum atomic E-state index is -0.975. The van der Waals surface area contributed by atoms with Gasteiger partial charge in [-0.25, -0.2) is 0 Å². The van der Waals surface area contributed by atoms with Gasteiger partial charge in [-0.1, -0.05) is 24.3 Å². The van der Waals surface area contributed by atoms with Gasteiger partial charge in [-0.15, -0.1) is 6.42 Å². The molecule has 1 saturated carbocycles. The quantitative estimate of drug-likeness (QED) is 0.595. The van der Waals surface area contributed by atoms with Gasteiger partial charge in [0, 0.05) is 62.0 Å². The van der Waals surface area contributed by atoms with Crippen molar-refractivity contribution in [3.63, 3.8) is 0 Å². The summed E-state index contributed by atoms with van der Waals surface area (Å²) in [4.78, 5) is 35.9. The van der Waals surface area contributed by atoms with E-state index in [2.05, 4.69) is 11.7 Å². The third kappa shape index (κ3) is 4.08. The van der Waals surface area contributed by atoms with E-state index in [1.165, 1.54) is 0 Å². The first-order valence-corrected chi connectivity index (χ1v) is 9.00. The Kier molecular flexibility index (Phi) is 6.56. The number of amides is 2. The van der Waals surface area contributed by atoms with Gasteiger partial charge < -0.3 is 22.3 Å². The van der Waals surface area contributed by atoms with Crippen LogP contribution in [0.4, 0.5) is 4.79 Å². The summed E-state index contributed by atoms with van der Waals surface area (Å²) in [6.07, 6.45) is 2.00. The molecule has 2 amide bonds. The fraction of sp³-hybridized carbons (Fsp3) is 0.429. The summed E-state index contributed by atoms with van der Waals surface area (Å²) in [7, 11) is 0. The Morgan fingerprint density at radius 1 is 1.32 bits per heavy atom. The van der Waals surface area contributed by atoms with Crippen molar-refractivity contribution < 1.29 is 51.8 Å². The van der Waals surface area contributed by atoms with Crippen molar-refractivity contribution in [2.75, 3.05) is 6.54 Å². The molecule has 3 aliphatic rings. The van der Waals surface area contributed by atoms with E-state index in [1.54, 1.807) is 31.7 Å². The third-order valence-corrected chi connectivity index (χ3v) is 5.11. The van der Waals surface area contributed by atoms with Crippen molar-refractivity contribution in [1.82, 2.24) is 4.90 Å². The largest absolute Gasteiger partial charge is 0.632 e. The molecule has 0 bridgehead atoms. The monoisotopic (exact) mass is 457 g/mol. The summed E-state index contributed by atoms with van der Waals surface area (Å²) in [5, 5.41) is 0. The SMILES string of the molecule is CC(C)(C)OC([NH-])=O.[CH2-]CC(=O)N1C[C@H]2CC23C1=CC(=O)c1ccccc13.[Y]. The molecule has 7 heteroatoms. The fourth-order valence-corrected chi connectivity index (χ4v) is 4.04. The maximum atomic E-state index is 12.2. The van der Waals surface area contributed by atoms with Crippen molar-refractivity contribution in [2.45, 2.75) is 44.6 Å². The molecule has 1 aromatic rings. The van der Waals surface area contributed by atoms with Crippen LogP contribution in [-0.2, 0) is 47.7 Å². The summed E-state index contributed by atoms with van der Waals surface area (Å²) in [6, 6.07) is 7.81. The Labute approximate surface area is 190 Å². The summed E-state index contributed by atoms with van der Waals surface area (Å²) in [5.74, 6) is 0.513. The van der Waals surface area contributed by atoms with Gasteiger partial charge in [0.2, 0.25) is 6.09 Å². The Morgan fingerprint density at radius 3 is 2.50 bits per heavy atom. The number of hydrogen-bond acceptors (Lipinski definition) is 4. The maximum absolute atomic E-state index is 12.2. The summed E-state index contributed by atoms with van der Waals surface area (Å²) < 4.78 is 4.47. The van der Waals surface area contributed by atoms with E-state index in [9.17, 15) is 14.4 Å². The van der Waals surface area contributed by atoms with E-state index in [0.717, 1.165) is 29.8 Å². The zero-order chi connectivity index (χ0) is 20.0. The number of benzene rings is 1. The Balaban J connectivity index is 0.000000270. The Morgan fingerprint density at radius 2 is 1.96 bits per heavy atom. The molecule has 1 N–H and O–H groups in total. The third-order valence-electron chi connectivity index (χ3n) is 5.11. The van der Waals surface area contributed by atoms with E-state index in [-0.39, 0.29) is 56.2 Å². The molecule has 1 heterocycles. The van der Waals surface area contributed by atoms with Crippen molar-refractivity contribution in [1.29, 1.82) is 0 Å². The number of piperidine rings is 1. The van der Waals surface area contributed by atoms with Crippen LogP contribution in [0, 0.1) is 12.8 Å². The second kappa shape index (κ2) is 8.07. The first-order chi connectivity index (χ1) is 12.6. The molecule has 1 radical (unpaired) electrons. The molecule has 6 nitrogen and oxygen atoms in total. The Hall–Kier alpha value is -1.53. The maximum Gasteiger partial charge on any atom is 0.227 e. The van der Waals surface area contributed by atoms with Crippen LogP contribution in [0.25, 0.3) is 5.73 Å². The van der Waals surface area contributed by atoms with Crippen LogP contribution in [0.3, 0.4) is 0 Å². The van der Waals surface area contributed by atoms with Crippen molar-refractivity contribution >= 4 is 17.8 Å². The molecule has 1 unspecified atom stereocenters. The number of ether oxygens (including phenoxy) is 1. The average molecular weight is 457 g/mol. The first-order valence-electron chi connectivity index (χ1n) is 9.00. The summed E-state index contributed by atoms with van der Waals surface area (Å²) in [6.45, 7) is 9.57. The molecule has 2 atom stereocenters. The second-order valence-corrected chi connectivity index (χ2v) is 8.07. The standard InChI is InChI=1S/C16H14NO2.C5H11NO2.Y/c1-2-15(19)17-9-10-8-16(10)12-6-4-3-5-11(12)13(18)7-14(16)17;1-5(2,3)8-4(6)7;/h3-7,10H,1-2,8-9H2;1-3H3,(H2,6,7);/q-1;;/p-1/t10-,16?;;/m1../s1. The predicted octanol–water partition coefficient (Wildman–Crippen LogP) is 4.06. The van der Waals surface area contributed by atoms with Crippen molar-refractivity contribution in [3.8, 4) is 0 Å². The van der Waals surface area contributed by atoms with Gasteiger partial charge >= 0.3 is 0 Å². The number of ketones is 1. The van der Waals surface area contributed by atoms with Gasteiger partial charge in [0.05, 0.1) is 0 Å². The number of nitrogens with one attached hydrogen (secondary N) is 1. The van der Waals surface area contributed by atoms with Gasteiger partial charge in [-0.3, -0.25) is 14.4 Å². The molecule has 28 heavy (non-hydrogen) atoms. The molecular weight excluding hydrogens is 433 g/mol. The molecule has 2 fully saturated rings. The normalized spacial score (nSPS) is 23.7. The number of carbonyl (C=O) groups excluding carboxylic acids is 3. The minimum absolute atomic E-state index is 0. The molecule has 147 valence electrons. The van der Waals surface area contributed by atoms with Crippen LogP contribution in [0.15, 0.2) is 36.0 Å². The smallest absolute Gasteiger partial charge is 0.227 e. The fourth-order valence-electron chi connectivity index (χ4n) is 4.04. The molecule has 1 aliphatic heterocycles.